The van der Waals surface area contributed by atoms with Crippen LogP contribution >= 0.6 is 0 Å². The Kier molecular flexibility index (Phi) is 9.57. The summed E-state index contributed by atoms with van der Waals surface area (Å²) < 4.78 is 15.8. The fraction of sp³-hybridized carbons (Fsp3) is 0.929. The van der Waals surface area contributed by atoms with Gasteiger partial charge in [0.2, 0.25) is 0 Å². The van der Waals surface area contributed by atoms with E-state index in [1.165, 1.54) is 0 Å². The van der Waals surface area contributed by atoms with Crippen molar-refractivity contribution >= 4 is 5.71 Å². The van der Waals surface area contributed by atoms with E-state index in [9.17, 15) is 0 Å². The molecule has 1 rings (SSSR count). The molecule has 1 fully saturated rings. The van der Waals surface area contributed by atoms with Crippen molar-refractivity contribution in [1.82, 2.24) is 4.90 Å². The van der Waals surface area contributed by atoms with Crippen LogP contribution in [0.4, 0.5) is 0 Å². The standard InChI is InChI=1S/C14H28N2O4/c1-3-13-12-16(5-4-14(13)15-17)6-7-19-10-11-20-9-8-18-2/h13,17H,3-12H2,1-2H3. The van der Waals surface area contributed by atoms with Crippen LogP contribution in [0.25, 0.3) is 0 Å². The first-order valence-corrected chi connectivity index (χ1v) is 7.39. The van der Waals surface area contributed by atoms with E-state index >= 15 is 0 Å². The molecule has 1 aliphatic rings. The molecule has 1 atom stereocenters. The van der Waals surface area contributed by atoms with Crippen LogP contribution in [0.15, 0.2) is 5.16 Å². The summed E-state index contributed by atoms with van der Waals surface area (Å²) in [6.07, 6.45) is 1.87. The fourth-order valence-electron chi connectivity index (χ4n) is 2.34. The zero-order valence-electron chi connectivity index (χ0n) is 12.7. The van der Waals surface area contributed by atoms with Gasteiger partial charge in [-0.2, -0.15) is 0 Å². The maximum atomic E-state index is 8.94. The zero-order chi connectivity index (χ0) is 14.6. The van der Waals surface area contributed by atoms with Crippen LogP contribution in [0.2, 0.25) is 0 Å². The summed E-state index contributed by atoms with van der Waals surface area (Å²) in [5.41, 5.74) is 0.941. The van der Waals surface area contributed by atoms with Crippen molar-refractivity contribution in [2.24, 2.45) is 11.1 Å². The average molecular weight is 288 g/mol. The van der Waals surface area contributed by atoms with Crippen LogP contribution in [0.1, 0.15) is 19.8 Å². The third kappa shape index (κ3) is 6.65. The lowest BCUT2D eigenvalue weighted by atomic mass is 9.93. The quantitative estimate of drug-likeness (QED) is 0.372. The van der Waals surface area contributed by atoms with Crippen LogP contribution in [0, 0.1) is 5.92 Å². The van der Waals surface area contributed by atoms with E-state index in [0.29, 0.717) is 32.3 Å². The van der Waals surface area contributed by atoms with Crippen LogP contribution in [-0.4, -0.2) is 75.6 Å². The SMILES string of the molecule is CCC1CN(CCOCCOCCOC)CCC1=NO. The molecule has 20 heavy (non-hydrogen) atoms. The Bertz CT molecular complexity index is 274. The Balaban J connectivity index is 2.02. The monoisotopic (exact) mass is 288 g/mol. The van der Waals surface area contributed by atoms with E-state index < -0.39 is 0 Å². The smallest absolute Gasteiger partial charge is 0.0701 e. The molecule has 0 spiro atoms. The summed E-state index contributed by atoms with van der Waals surface area (Å²) in [4.78, 5) is 2.37. The lowest BCUT2D eigenvalue weighted by Crippen LogP contribution is -2.42. The van der Waals surface area contributed by atoms with Crippen molar-refractivity contribution in [3.05, 3.63) is 0 Å². The summed E-state index contributed by atoms with van der Waals surface area (Å²) in [5.74, 6) is 0.381. The Morgan fingerprint density at radius 1 is 1.20 bits per heavy atom. The van der Waals surface area contributed by atoms with Crippen LogP contribution < -0.4 is 0 Å². The Morgan fingerprint density at radius 3 is 2.55 bits per heavy atom. The number of rotatable bonds is 10. The van der Waals surface area contributed by atoms with Gasteiger partial charge in [-0.3, -0.25) is 0 Å². The van der Waals surface area contributed by atoms with Gasteiger partial charge < -0.3 is 24.3 Å². The number of methoxy groups -OCH3 is 1. The number of hydrogen-bond donors (Lipinski definition) is 1. The van der Waals surface area contributed by atoms with Crippen molar-refractivity contribution in [1.29, 1.82) is 0 Å². The molecule has 1 saturated heterocycles. The molecule has 0 aliphatic carbocycles. The van der Waals surface area contributed by atoms with Crippen LogP contribution in [0.3, 0.4) is 0 Å². The van der Waals surface area contributed by atoms with Gasteiger partial charge in [-0.05, 0) is 6.42 Å². The highest BCUT2D eigenvalue weighted by atomic mass is 16.5. The van der Waals surface area contributed by atoms with Crippen LogP contribution in [-0.2, 0) is 14.2 Å². The molecule has 0 aromatic heterocycles. The summed E-state index contributed by atoms with van der Waals surface area (Å²) >= 11 is 0. The first-order chi connectivity index (χ1) is 9.81. The highest BCUT2D eigenvalue weighted by molar-refractivity contribution is 5.87. The molecular weight excluding hydrogens is 260 g/mol. The van der Waals surface area contributed by atoms with Gasteiger partial charge in [0.1, 0.15) is 0 Å². The lowest BCUT2D eigenvalue weighted by molar-refractivity contribution is 0.0186. The van der Waals surface area contributed by atoms with E-state index in [-0.39, 0.29) is 0 Å². The number of hydrogen-bond acceptors (Lipinski definition) is 6. The average Bonchev–Trinajstić information content (AvgIpc) is 2.49. The summed E-state index contributed by atoms with van der Waals surface area (Å²) in [5, 5.41) is 12.3. The molecule has 0 radical (unpaired) electrons. The Morgan fingerprint density at radius 2 is 1.90 bits per heavy atom. The van der Waals surface area contributed by atoms with Crippen LogP contribution in [0.5, 0.6) is 0 Å². The number of ether oxygens (including phenoxy) is 3. The van der Waals surface area contributed by atoms with Gasteiger partial charge in [0.05, 0.1) is 38.7 Å². The van der Waals surface area contributed by atoms with Crippen molar-refractivity contribution in [2.45, 2.75) is 19.8 Å². The molecule has 118 valence electrons. The predicted molar refractivity (Wildman–Crippen MR) is 77.6 cm³/mol. The largest absolute Gasteiger partial charge is 0.411 e. The molecule has 6 nitrogen and oxygen atoms in total. The second kappa shape index (κ2) is 11.0. The molecule has 1 N–H and O–H groups in total. The highest BCUT2D eigenvalue weighted by Gasteiger charge is 2.24. The topological polar surface area (TPSA) is 63.5 Å². The fourth-order valence-corrected chi connectivity index (χ4v) is 2.34. The number of piperidine rings is 1. The first-order valence-electron chi connectivity index (χ1n) is 7.39. The molecule has 0 aromatic carbocycles. The molecule has 0 amide bonds. The highest BCUT2D eigenvalue weighted by Crippen LogP contribution is 2.16. The summed E-state index contributed by atoms with van der Waals surface area (Å²) in [6, 6.07) is 0. The Labute approximate surface area is 121 Å². The van der Waals surface area contributed by atoms with E-state index in [2.05, 4.69) is 17.0 Å². The molecule has 6 heteroatoms. The minimum atomic E-state index is 0.381. The normalized spacial score (nSPS) is 22.5. The van der Waals surface area contributed by atoms with Gasteiger partial charge in [0, 0.05) is 39.1 Å². The molecular formula is C14H28N2O4. The maximum absolute atomic E-state index is 8.94. The zero-order valence-corrected chi connectivity index (χ0v) is 12.7. The molecule has 0 aromatic rings. The van der Waals surface area contributed by atoms with E-state index in [1.807, 2.05) is 0 Å². The summed E-state index contributed by atoms with van der Waals surface area (Å²) in [7, 11) is 1.66. The second-order valence-corrected chi connectivity index (χ2v) is 4.96. The number of likely N-dealkylation sites (tertiary alicyclic amines) is 1. The second-order valence-electron chi connectivity index (χ2n) is 4.96. The third-order valence-corrected chi connectivity index (χ3v) is 3.61. The molecule has 0 bridgehead atoms. The Hall–Kier alpha value is -0.690. The molecule has 1 aliphatic heterocycles. The lowest BCUT2D eigenvalue weighted by Gasteiger charge is -2.32. The van der Waals surface area contributed by atoms with Gasteiger partial charge in [0.15, 0.2) is 0 Å². The van der Waals surface area contributed by atoms with Gasteiger partial charge in [0.25, 0.3) is 0 Å². The van der Waals surface area contributed by atoms with Crippen molar-refractivity contribution < 1.29 is 19.4 Å². The van der Waals surface area contributed by atoms with Gasteiger partial charge in [-0.25, -0.2) is 0 Å². The number of oxime groups is 1. The van der Waals surface area contributed by atoms with Gasteiger partial charge >= 0.3 is 0 Å². The van der Waals surface area contributed by atoms with E-state index in [0.717, 1.165) is 44.8 Å². The molecule has 0 saturated carbocycles. The maximum Gasteiger partial charge on any atom is 0.0701 e. The summed E-state index contributed by atoms with van der Waals surface area (Å²) in [6.45, 7) is 8.16. The molecule has 1 unspecified atom stereocenters. The third-order valence-electron chi connectivity index (χ3n) is 3.61. The van der Waals surface area contributed by atoms with Crippen molar-refractivity contribution in [3.63, 3.8) is 0 Å². The van der Waals surface area contributed by atoms with Gasteiger partial charge in [-0.15, -0.1) is 0 Å². The van der Waals surface area contributed by atoms with Crippen molar-refractivity contribution in [2.75, 3.05) is 59.8 Å². The minimum Gasteiger partial charge on any atom is -0.411 e. The van der Waals surface area contributed by atoms with E-state index in [4.69, 9.17) is 19.4 Å². The molecule has 1 heterocycles. The minimum absolute atomic E-state index is 0.381. The first kappa shape index (κ1) is 17.4. The van der Waals surface area contributed by atoms with Gasteiger partial charge in [-0.1, -0.05) is 12.1 Å². The van der Waals surface area contributed by atoms with Crippen molar-refractivity contribution in [3.8, 4) is 0 Å². The predicted octanol–water partition coefficient (Wildman–Crippen LogP) is 1.23. The number of nitrogens with zero attached hydrogens (tertiary/aromatic N) is 2. The van der Waals surface area contributed by atoms with E-state index in [1.54, 1.807) is 7.11 Å².